The topological polar surface area (TPSA) is 41.2 Å². The molecule has 1 radical (unpaired) electrons. The lowest BCUT2D eigenvalue weighted by Crippen LogP contribution is -2.45. The van der Waals surface area contributed by atoms with Gasteiger partial charge in [0.2, 0.25) is 0 Å². The first kappa shape index (κ1) is 7.25. The average molecular weight is 142 g/mol. The SMILES string of the molecule is CC1=C([O])OCC(C)(C)N1. The molecule has 1 N–H and O–H groups in total. The molecule has 0 spiro atoms. The molecule has 0 aromatic heterocycles. The van der Waals surface area contributed by atoms with Crippen LogP contribution in [0.4, 0.5) is 0 Å². The Bertz CT molecular complexity index is 172. The van der Waals surface area contributed by atoms with Crippen molar-refractivity contribution in [1.29, 1.82) is 0 Å². The molecule has 0 fully saturated rings. The molecule has 57 valence electrons. The zero-order chi connectivity index (χ0) is 7.78. The molecule has 1 aliphatic heterocycles. The van der Waals surface area contributed by atoms with E-state index in [1.807, 2.05) is 13.8 Å². The maximum absolute atomic E-state index is 10.8. The van der Waals surface area contributed by atoms with Crippen molar-refractivity contribution in [2.24, 2.45) is 0 Å². The smallest absolute Gasteiger partial charge is 0.349 e. The molecule has 0 atom stereocenters. The number of nitrogens with one attached hydrogen (secondary N) is 1. The first-order valence-corrected chi connectivity index (χ1v) is 3.30. The summed E-state index contributed by atoms with van der Waals surface area (Å²) in [7, 11) is 0. The lowest BCUT2D eigenvalue weighted by atomic mass is 10.1. The fourth-order valence-electron chi connectivity index (χ4n) is 0.949. The van der Waals surface area contributed by atoms with Gasteiger partial charge in [-0.15, -0.1) is 0 Å². The number of hydrogen-bond donors (Lipinski definition) is 1. The normalized spacial score (nSPS) is 23.5. The van der Waals surface area contributed by atoms with Crippen LogP contribution in [0.3, 0.4) is 0 Å². The molecule has 3 nitrogen and oxygen atoms in total. The van der Waals surface area contributed by atoms with Gasteiger partial charge in [-0.05, 0) is 20.8 Å². The van der Waals surface area contributed by atoms with Crippen molar-refractivity contribution in [3.8, 4) is 0 Å². The van der Waals surface area contributed by atoms with Gasteiger partial charge in [0, 0.05) is 0 Å². The first-order chi connectivity index (χ1) is 4.51. The lowest BCUT2D eigenvalue weighted by Gasteiger charge is -2.31. The van der Waals surface area contributed by atoms with Gasteiger partial charge < -0.3 is 10.1 Å². The molecule has 1 rings (SSSR count). The largest absolute Gasteiger partial charge is 0.459 e. The van der Waals surface area contributed by atoms with Gasteiger partial charge in [0.15, 0.2) is 0 Å². The van der Waals surface area contributed by atoms with Gasteiger partial charge >= 0.3 is 5.95 Å². The van der Waals surface area contributed by atoms with Gasteiger partial charge in [-0.1, -0.05) is 0 Å². The minimum atomic E-state index is -0.237. The summed E-state index contributed by atoms with van der Waals surface area (Å²) in [6.45, 7) is 6.15. The molecule has 0 unspecified atom stereocenters. The quantitative estimate of drug-likeness (QED) is 0.548. The van der Waals surface area contributed by atoms with E-state index in [-0.39, 0.29) is 11.5 Å². The summed E-state index contributed by atoms with van der Waals surface area (Å²) in [6.07, 6.45) is 0. The van der Waals surface area contributed by atoms with Gasteiger partial charge in [-0.25, -0.2) is 5.11 Å². The predicted molar refractivity (Wildman–Crippen MR) is 36.6 cm³/mol. The van der Waals surface area contributed by atoms with Crippen molar-refractivity contribution >= 4 is 0 Å². The summed E-state index contributed by atoms with van der Waals surface area (Å²) in [4.78, 5) is 0. The maximum atomic E-state index is 10.8. The third-order valence-electron chi connectivity index (χ3n) is 1.40. The Morgan fingerprint density at radius 2 is 2.20 bits per heavy atom. The van der Waals surface area contributed by atoms with Crippen molar-refractivity contribution < 1.29 is 9.84 Å². The van der Waals surface area contributed by atoms with Crippen LogP contribution < -0.4 is 5.32 Å². The van der Waals surface area contributed by atoms with Crippen LogP contribution >= 0.6 is 0 Å². The third-order valence-corrected chi connectivity index (χ3v) is 1.40. The molecular weight excluding hydrogens is 130 g/mol. The number of ether oxygens (including phenoxy) is 1. The highest BCUT2D eigenvalue weighted by Crippen LogP contribution is 2.15. The molecule has 0 amide bonds. The fourth-order valence-corrected chi connectivity index (χ4v) is 0.949. The highest BCUT2D eigenvalue weighted by molar-refractivity contribution is 5.04. The van der Waals surface area contributed by atoms with Crippen molar-refractivity contribution in [2.45, 2.75) is 26.3 Å². The Kier molecular flexibility index (Phi) is 1.50. The van der Waals surface area contributed by atoms with E-state index in [0.29, 0.717) is 12.3 Å². The van der Waals surface area contributed by atoms with Crippen LogP contribution in [0.1, 0.15) is 20.8 Å². The molecule has 0 aromatic carbocycles. The van der Waals surface area contributed by atoms with E-state index in [4.69, 9.17) is 4.74 Å². The average Bonchev–Trinajstić information content (AvgIpc) is 1.79. The van der Waals surface area contributed by atoms with Crippen LogP contribution in [-0.2, 0) is 9.84 Å². The van der Waals surface area contributed by atoms with Gasteiger partial charge in [0.05, 0.1) is 11.2 Å². The summed E-state index contributed by atoms with van der Waals surface area (Å²) >= 11 is 0. The van der Waals surface area contributed by atoms with Gasteiger partial charge in [0.25, 0.3) is 0 Å². The Morgan fingerprint density at radius 1 is 1.60 bits per heavy atom. The Morgan fingerprint density at radius 3 is 2.60 bits per heavy atom. The Labute approximate surface area is 60.7 Å². The minimum Gasteiger partial charge on any atom is -0.459 e. The van der Waals surface area contributed by atoms with E-state index in [1.54, 1.807) is 6.92 Å². The standard InChI is InChI=1S/C7H12NO2/c1-5-6(9)10-4-7(2,3)8-5/h8H,4H2,1-3H3. The second-order valence-corrected chi connectivity index (χ2v) is 3.21. The molecule has 0 saturated heterocycles. The molecule has 1 aliphatic rings. The molecule has 10 heavy (non-hydrogen) atoms. The van der Waals surface area contributed by atoms with Crippen LogP contribution in [0.2, 0.25) is 0 Å². The zero-order valence-corrected chi connectivity index (χ0v) is 6.52. The van der Waals surface area contributed by atoms with E-state index in [0.717, 1.165) is 0 Å². The maximum Gasteiger partial charge on any atom is 0.349 e. The zero-order valence-electron chi connectivity index (χ0n) is 6.52. The van der Waals surface area contributed by atoms with Crippen LogP contribution in [0.15, 0.2) is 11.6 Å². The summed E-state index contributed by atoms with van der Waals surface area (Å²) in [6, 6.07) is 0. The van der Waals surface area contributed by atoms with Gasteiger partial charge in [-0.2, -0.15) is 0 Å². The molecule has 0 bridgehead atoms. The molecule has 0 aromatic rings. The Hall–Kier alpha value is -0.860. The fraction of sp³-hybridized carbons (Fsp3) is 0.714. The second kappa shape index (κ2) is 2.08. The molecule has 3 heteroatoms. The van der Waals surface area contributed by atoms with Crippen LogP contribution in [0.25, 0.3) is 0 Å². The number of allylic oxidation sites excluding steroid dienone is 1. The third kappa shape index (κ3) is 1.35. The summed E-state index contributed by atoms with van der Waals surface area (Å²) in [5.74, 6) is -0.237. The second-order valence-electron chi connectivity index (χ2n) is 3.21. The van der Waals surface area contributed by atoms with E-state index < -0.39 is 0 Å². The van der Waals surface area contributed by atoms with Gasteiger partial charge in [-0.3, -0.25) is 0 Å². The van der Waals surface area contributed by atoms with E-state index in [1.165, 1.54) is 0 Å². The number of hydrogen-bond acceptors (Lipinski definition) is 2. The van der Waals surface area contributed by atoms with Crippen LogP contribution in [0, 0.1) is 0 Å². The van der Waals surface area contributed by atoms with Crippen molar-refractivity contribution in [2.75, 3.05) is 6.61 Å². The van der Waals surface area contributed by atoms with Crippen molar-refractivity contribution in [1.82, 2.24) is 5.32 Å². The molecule has 0 aliphatic carbocycles. The molecule has 0 saturated carbocycles. The molecule has 1 heterocycles. The van der Waals surface area contributed by atoms with Crippen LogP contribution in [-0.4, -0.2) is 12.1 Å². The van der Waals surface area contributed by atoms with Crippen molar-refractivity contribution in [3.05, 3.63) is 11.6 Å². The highest BCUT2D eigenvalue weighted by Gasteiger charge is 2.25. The molecular formula is C7H12NO2. The van der Waals surface area contributed by atoms with Gasteiger partial charge in [0.1, 0.15) is 6.61 Å². The number of rotatable bonds is 0. The summed E-state index contributed by atoms with van der Waals surface area (Å²) in [5, 5.41) is 13.8. The summed E-state index contributed by atoms with van der Waals surface area (Å²) in [5.41, 5.74) is 0.495. The van der Waals surface area contributed by atoms with Crippen molar-refractivity contribution in [3.63, 3.8) is 0 Å². The predicted octanol–water partition coefficient (Wildman–Crippen LogP) is 1.00. The summed E-state index contributed by atoms with van der Waals surface area (Å²) < 4.78 is 4.87. The lowest BCUT2D eigenvalue weighted by molar-refractivity contribution is 0.00320. The highest BCUT2D eigenvalue weighted by atomic mass is 16.6. The van der Waals surface area contributed by atoms with E-state index in [2.05, 4.69) is 5.32 Å². The monoisotopic (exact) mass is 142 g/mol. The van der Waals surface area contributed by atoms with E-state index >= 15 is 0 Å². The van der Waals surface area contributed by atoms with E-state index in [9.17, 15) is 5.11 Å². The minimum absolute atomic E-state index is 0.0992. The first-order valence-electron chi connectivity index (χ1n) is 3.30. The van der Waals surface area contributed by atoms with Crippen LogP contribution in [0.5, 0.6) is 0 Å². The Balaban J connectivity index is 2.72.